The third-order valence-electron chi connectivity index (χ3n) is 5.53. The van der Waals surface area contributed by atoms with Crippen molar-refractivity contribution in [1.29, 1.82) is 0 Å². The smallest absolute Gasteiger partial charge is 0.244 e. The third kappa shape index (κ3) is 4.75. The van der Waals surface area contributed by atoms with Gasteiger partial charge >= 0.3 is 0 Å². The van der Waals surface area contributed by atoms with Crippen molar-refractivity contribution in [3.63, 3.8) is 0 Å². The molecule has 0 unspecified atom stereocenters. The summed E-state index contributed by atoms with van der Waals surface area (Å²) in [7, 11) is 0. The van der Waals surface area contributed by atoms with E-state index in [-0.39, 0.29) is 24.3 Å². The number of benzene rings is 2. The quantitative estimate of drug-likeness (QED) is 0.817. The molecule has 0 radical (unpaired) electrons. The van der Waals surface area contributed by atoms with Crippen molar-refractivity contribution in [3.8, 4) is 0 Å². The van der Waals surface area contributed by atoms with Gasteiger partial charge in [0.2, 0.25) is 5.91 Å². The minimum Gasteiger partial charge on any atom is -0.349 e. The van der Waals surface area contributed by atoms with Gasteiger partial charge in [-0.1, -0.05) is 60.2 Å². The lowest BCUT2D eigenvalue weighted by molar-refractivity contribution is -0.228. The normalized spacial score (nSPS) is 23.5. The molecule has 152 valence electrons. The third-order valence-corrected chi connectivity index (χ3v) is 5.53. The van der Waals surface area contributed by atoms with Gasteiger partial charge in [0, 0.05) is 25.7 Å². The molecule has 1 N–H and O–H groups in total. The van der Waals surface area contributed by atoms with Crippen LogP contribution in [0.1, 0.15) is 35.8 Å². The second-order valence-electron chi connectivity index (χ2n) is 7.78. The molecule has 0 bridgehead atoms. The predicted octanol–water partition coefficient (Wildman–Crippen LogP) is 3.53. The van der Waals surface area contributed by atoms with Gasteiger partial charge in [-0.2, -0.15) is 0 Å². The number of carbonyl (C=O) groups is 1. The number of hydrogen-bond donors (Lipinski definition) is 1. The van der Waals surface area contributed by atoms with E-state index in [9.17, 15) is 4.79 Å². The Bertz CT molecular complexity index is 881. The first-order valence-electron chi connectivity index (χ1n) is 10.2. The monoisotopic (exact) mass is 392 g/mol. The first kappa shape index (κ1) is 19.8. The van der Waals surface area contributed by atoms with Crippen LogP contribution in [0.3, 0.4) is 0 Å². The van der Waals surface area contributed by atoms with Crippen LogP contribution in [0.25, 0.3) is 0 Å². The molecule has 5 heteroatoms. The Labute approximate surface area is 172 Å². The first-order valence-corrected chi connectivity index (χ1v) is 10.2. The number of nitrogens with one attached hydrogen (secondary N) is 1. The van der Waals surface area contributed by atoms with Gasteiger partial charge < -0.3 is 14.8 Å². The highest BCUT2D eigenvalue weighted by atomic mass is 16.7. The molecule has 0 aromatic heterocycles. The SMILES string of the molecule is Cc1cccc([C@@H](C)O[C@H]2OCCN(CC3=CC(=O)NC3)[C@H]2c2ccccc2)c1. The van der Waals surface area contributed by atoms with Crippen molar-refractivity contribution in [2.45, 2.75) is 32.3 Å². The molecule has 4 rings (SSSR count). The van der Waals surface area contributed by atoms with Crippen LogP contribution in [0.2, 0.25) is 0 Å². The zero-order chi connectivity index (χ0) is 20.2. The first-order chi connectivity index (χ1) is 14.1. The van der Waals surface area contributed by atoms with E-state index in [4.69, 9.17) is 9.47 Å². The van der Waals surface area contributed by atoms with Crippen LogP contribution in [0, 0.1) is 6.92 Å². The summed E-state index contributed by atoms with van der Waals surface area (Å²) in [5.41, 5.74) is 4.62. The average molecular weight is 392 g/mol. The van der Waals surface area contributed by atoms with Crippen molar-refractivity contribution < 1.29 is 14.3 Å². The number of aryl methyl sites for hydroxylation is 1. The van der Waals surface area contributed by atoms with E-state index in [0.717, 1.165) is 29.8 Å². The molecule has 0 aliphatic carbocycles. The van der Waals surface area contributed by atoms with E-state index >= 15 is 0 Å². The van der Waals surface area contributed by atoms with Crippen molar-refractivity contribution in [2.24, 2.45) is 0 Å². The van der Waals surface area contributed by atoms with Crippen LogP contribution in [0.5, 0.6) is 0 Å². The highest BCUT2D eigenvalue weighted by molar-refractivity contribution is 5.91. The van der Waals surface area contributed by atoms with Crippen LogP contribution in [-0.2, 0) is 14.3 Å². The molecule has 2 heterocycles. The van der Waals surface area contributed by atoms with E-state index in [1.165, 1.54) is 5.56 Å². The van der Waals surface area contributed by atoms with E-state index in [1.54, 1.807) is 6.08 Å². The Morgan fingerprint density at radius 1 is 1.21 bits per heavy atom. The highest BCUT2D eigenvalue weighted by Crippen LogP contribution is 2.34. The molecule has 2 aliphatic rings. The molecule has 2 aliphatic heterocycles. The number of nitrogens with zero attached hydrogens (tertiary/aromatic N) is 1. The van der Waals surface area contributed by atoms with Gasteiger partial charge in [0.05, 0.1) is 18.8 Å². The summed E-state index contributed by atoms with van der Waals surface area (Å²) in [5, 5.41) is 2.86. The molecule has 29 heavy (non-hydrogen) atoms. The lowest BCUT2D eigenvalue weighted by Crippen LogP contribution is -2.47. The van der Waals surface area contributed by atoms with Gasteiger partial charge in [0.15, 0.2) is 6.29 Å². The Morgan fingerprint density at radius 2 is 2.03 bits per heavy atom. The van der Waals surface area contributed by atoms with Crippen LogP contribution in [-0.4, -0.2) is 43.3 Å². The van der Waals surface area contributed by atoms with Crippen molar-refractivity contribution in [2.75, 3.05) is 26.2 Å². The maximum absolute atomic E-state index is 11.6. The highest BCUT2D eigenvalue weighted by Gasteiger charge is 2.36. The summed E-state index contributed by atoms with van der Waals surface area (Å²) >= 11 is 0. The Kier molecular flexibility index (Phi) is 6.09. The average Bonchev–Trinajstić information content (AvgIpc) is 3.13. The van der Waals surface area contributed by atoms with Gasteiger partial charge in [-0.25, -0.2) is 0 Å². The van der Waals surface area contributed by atoms with Crippen molar-refractivity contribution in [3.05, 3.63) is 82.9 Å². The summed E-state index contributed by atoms with van der Waals surface area (Å²) < 4.78 is 12.6. The molecule has 0 saturated carbocycles. The Morgan fingerprint density at radius 3 is 2.76 bits per heavy atom. The molecule has 0 spiro atoms. The number of morpholine rings is 1. The summed E-state index contributed by atoms with van der Waals surface area (Å²) in [6.45, 7) is 6.89. The van der Waals surface area contributed by atoms with Crippen LogP contribution in [0.4, 0.5) is 0 Å². The zero-order valence-corrected chi connectivity index (χ0v) is 17.0. The lowest BCUT2D eigenvalue weighted by atomic mass is 10.0. The fraction of sp³-hybridized carbons (Fsp3) is 0.375. The molecule has 2 aromatic carbocycles. The minimum absolute atomic E-state index is 0.00890. The second-order valence-corrected chi connectivity index (χ2v) is 7.78. The lowest BCUT2D eigenvalue weighted by Gasteiger charge is -2.42. The summed E-state index contributed by atoms with van der Waals surface area (Å²) in [5.74, 6) is -0.00890. The van der Waals surface area contributed by atoms with E-state index < -0.39 is 0 Å². The van der Waals surface area contributed by atoms with Crippen LogP contribution < -0.4 is 5.32 Å². The fourth-order valence-electron chi connectivity index (χ4n) is 4.05. The molecule has 5 nitrogen and oxygen atoms in total. The Hall–Kier alpha value is -2.47. The van der Waals surface area contributed by atoms with Gasteiger partial charge in [0.25, 0.3) is 0 Å². The largest absolute Gasteiger partial charge is 0.349 e. The summed E-state index contributed by atoms with van der Waals surface area (Å²) in [6, 6.07) is 18.7. The van der Waals surface area contributed by atoms with Crippen LogP contribution in [0.15, 0.2) is 66.2 Å². The van der Waals surface area contributed by atoms with Gasteiger partial charge in [-0.3, -0.25) is 9.69 Å². The van der Waals surface area contributed by atoms with E-state index in [1.807, 2.05) is 18.2 Å². The minimum atomic E-state index is -0.382. The standard InChI is InChI=1S/C24H28N2O3/c1-17-7-6-10-21(13-17)18(2)29-24-23(20-8-4-3-5-9-20)26(11-12-28-24)16-19-14-22(27)25-15-19/h3-10,13-14,18,23-24H,11-12,15-16H2,1-2H3,(H,25,27)/t18-,23+,24-/m1/s1. The Balaban J connectivity index is 1.57. The molecule has 1 amide bonds. The maximum atomic E-state index is 11.6. The van der Waals surface area contributed by atoms with Crippen molar-refractivity contribution in [1.82, 2.24) is 10.2 Å². The predicted molar refractivity (Wildman–Crippen MR) is 112 cm³/mol. The van der Waals surface area contributed by atoms with E-state index in [2.05, 4.69) is 60.5 Å². The molecular formula is C24H28N2O3. The number of amides is 1. The zero-order valence-electron chi connectivity index (χ0n) is 17.0. The van der Waals surface area contributed by atoms with Gasteiger partial charge in [-0.05, 0) is 30.5 Å². The van der Waals surface area contributed by atoms with Crippen LogP contribution >= 0.6 is 0 Å². The molecule has 3 atom stereocenters. The van der Waals surface area contributed by atoms with E-state index in [0.29, 0.717) is 13.2 Å². The number of rotatable bonds is 6. The summed E-state index contributed by atoms with van der Waals surface area (Å²) in [4.78, 5) is 13.9. The number of ether oxygens (including phenoxy) is 2. The molecule has 1 saturated heterocycles. The number of hydrogen-bond acceptors (Lipinski definition) is 4. The fourth-order valence-corrected chi connectivity index (χ4v) is 4.05. The molecular weight excluding hydrogens is 364 g/mol. The van der Waals surface area contributed by atoms with Gasteiger partial charge in [-0.15, -0.1) is 0 Å². The van der Waals surface area contributed by atoms with Gasteiger partial charge in [0.1, 0.15) is 0 Å². The number of carbonyl (C=O) groups excluding carboxylic acids is 1. The molecule has 1 fully saturated rings. The maximum Gasteiger partial charge on any atom is 0.244 e. The topological polar surface area (TPSA) is 50.8 Å². The second kappa shape index (κ2) is 8.91. The van der Waals surface area contributed by atoms with Crippen molar-refractivity contribution >= 4 is 5.91 Å². The molecule has 2 aromatic rings. The summed E-state index contributed by atoms with van der Waals surface area (Å²) in [6.07, 6.45) is 1.25.